The summed E-state index contributed by atoms with van der Waals surface area (Å²) in [7, 11) is 1.30. The molecule has 2 aromatic carbocycles. The molecular weight excluding hydrogens is 294 g/mol. The minimum atomic E-state index is -1.10. The minimum absolute atomic E-state index is 0.101. The molecule has 2 rings (SSSR count). The van der Waals surface area contributed by atoms with E-state index in [0.717, 1.165) is 18.2 Å². The average molecular weight is 308 g/mol. The summed E-state index contributed by atoms with van der Waals surface area (Å²) >= 11 is 0. The molecule has 1 unspecified atom stereocenters. The number of benzene rings is 2. The number of carboxylic acid groups (broad SMARTS) is 1. The zero-order chi connectivity index (χ0) is 16.1. The van der Waals surface area contributed by atoms with Gasteiger partial charge in [0.1, 0.15) is 24.0 Å². The van der Waals surface area contributed by atoms with E-state index in [9.17, 15) is 13.6 Å². The van der Waals surface area contributed by atoms with Gasteiger partial charge in [-0.3, -0.25) is 0 Å². The Morgan fingerprint density at radius 3 is 2.45 bits per heavy atom. The van der Waals surface area contributed by atoms with Gasteiger partial charge in [0.15, 0.2) is 6.10 Å². The second kappa shape index (κ2) is 7.00. The number of ether oxygens (including phenoxy) is 2. The predicted octanol–water partition coefficient (Wildman–Crippen LogP) is 3.32. The van der Waals surface area contributed by atoms with Gasteiger partial charge in [-0.2, -0.15) is 0 Å². The van der Waals surface area contributed by atoms with Gasteiger partial charge in [-0.15, -0.1) is 0 Å². The molecule has 0 radical (unpaired) electrons. The number of carboxylic acids is 1. The minimum Gasteiger partial charge on any atom is -0.489 e. The summed E-state index contributed by atoms with van der Waals surface area (Å²) in [4.78, 5) is 11.0. The average Bonchev–Trinajstić information content (AvgIpc) is 2.50. The Balaban J connectivity index is 2.05. The molecule has 0 aliphatic rings. The maximum atomic E-state index is 13.4. The smallest absolute Gasteiger partial charge is 0.337 e. The summed E-state index contributed by atoms with van der Waals surface area (Å²) in [6, 6.07) is 9.30. The first kappa shape index (κ1) is 15.9. The van der Waals surface area contributed by atoms with Gasteiger partial charge in [-0.25, -0.2) is 13.6 Å². The molecule has 0 aliphatic carbocycles. The molecule has 0 spiro atoms. The van der Waals surface area contributed by atoms with Gasteiger partial charge in [-0.05, 0) is 35.9 Å². The second-order valence-corrected chi connectivity index (χ2v) is 4.55. The van der Waals surface area contributed by atoms with Crippen LogP contribution >= 0.6 is 0 Å². The molecule has 0 fully saturated rings. The molecule has 2 aromatic rings. The summed E-state index contributed by atoms with van der Waals surface area (Å²) in [5, 5.41) is 8.97. The van der Waals surface area contributed by atoms with E-state index in [1.807, 2.05) is 0 Å². The zero-order valence-corrected chi connectivity index (χ0v) is 11.8. The molecule has 0 aromatic heterocycles. The number of hydrogen-bond donors (Lipinski definition) is 1. The van der Waals surface area contributed by atoms with E-state index in [2.05, 4.69) is 0 Å². The van der Waals surface area contributed by atoms with Gasteiger partial charge in [0.25, 0.3) is 0 Å². The molecule has 0 bridgehead atoms. The molecule has 1 atom stereocenters. The first-order valence-electron chi connectivity index (χ1n) is 6.43. The van der Waals surface area contributed by atoms with Crippen molar-refractivity contribution in [2.45, 2.75) is 12.7 Å². The van der Waals surface area contributed by atoms with Gasteiger partial charge in [-0.1, -0.05) is 12.1 Å². The van der Waals surface area contributed by atoms with E-state index in [4.69, 9.17) is 14.6 Å². The third kappa shape index (κ3) is 3.79. The zero-order valence-electron chi connectivity index (χ0n) is 11.8. The summed E-state index contributed by atoms with van der Waals surface area (Å²) in [6.45, 7) is -0.129. The van der Waals surface area contributed by atoms with Crippen LogP contribution in [0.3, 0.4) is 0 Å². The number of rotatable bonds is 6. The number of hydrogen-bond acceptors (Lipinski definition) is 3. The summed E-state index contributed by atoms with van der Waals surface area (Å²) in [5.74, 6) is -1.78. The topological polar surface area (TPSA) is 55.8 Å². The molecule has 0 aliphatic heterocycles. The molecule has 0 saturated carbocycles. The van der Waals surface area contributed by atoms with Crippen LogP contribution in [-0.4, -0.2) is 18.2 Å². The molecule has 0 heterocycles. The normalized spacial score (nSPS) is 12.0. The van der Waals surface area contributed by atoms with Crippen molar-refractivity contribution < 1.29 is 28.2 Å². The van der Waals surface area contributed by atoms with Crippen LogP contribution in [0.5, 0.6) is 5.75 Å². The third-order valence-electron chi connectivity index (χ3n) is 3.04. The highest BCUT2D eigenvalue weighted by Gasteiger charge is 2.18. The molecule has 0 amide bonds. The molecule has 0 saturated heterocycles. The first-order valence-corrected chi connectivity index (χ1v) is 6.43. The molecule has 116 valence electrons. The van der Waals surface area contributed by atoms with Crippen LogP contribution in [0.4, 0.5) is 8.78 Å². The monoisotopic (exact) mass is 308 g/mol. The number of methoxy groups -OCH3 is 1. The Morgan fingerprint density at radius 2 is 1.86 bits per heavy atom. The molecule has 22 heavy (non-hydrogen) atoms. The second-order valence-electron chi connectivity index (χ2n) is 4.55. The SMILES string of the molecule is COC(C(=O)O)c1ccc(OCc2cc(F)ccc2F)cc1. The third-order valence-corrected chi connectivity index (χ3v) is 3.04. The fraction of sp³-hybridized carbons (Fsp3) is 0.188. The van der Waals surface area contributed by atoms with Crippen molar-refractivity contribution in [2.24, 2.45) is 0 Å². The van der Waals surface area contributed by atoms with Crippen LogP contribution in [0.1, 0.15) is 17.2 Å². The van der Waals surface area contributed by atoms with Crippen LogP contribution in [0.2, 0.25) is 0 Å². The highest BCUT2D eigenvalue weighted by molar-refractivity contribution is 5.74. The van der Waals surface area contributed by atoms with Gasteiger partial charge < -0.3 is 14.6 Å². The Bertz CT molecular complexity index is 656. The fourth-order valence-electron chi connectivity index (χ4n) is 1.93. The van der Waals surface area contributed by atoms with Crippen molar-refractivity contribution in [3.05, 3.63) is 65.2 Å². The number of aliphatic carboxylic acids is 1. The van der Waals surface area contributed by atoms with Crippen molar-refractivity contribution in [1.82, 2.24) is 0 Å². The highest BCUT2D eigenvalue weighted by atomic mass is 19.1. The maximum absolute atomic E-state index is 13.4. The van der Waals surface area contributed by atoms with Crippen molar-refractivity contribution in [3.63, 3.8) is 0 Å². The van der Waals surface area contributed by atoms with Gasteiger partial charge >= 0.3 is 5.97 Å². The van der Waals surface area contributed by atoms with Crippen molar-refractivity contribution in [1.29, 1.82) is 0 Å². The quantitative estimate of drug-likeness (QED) is 0.889. The number of carbonyl (C=O) groups is 1. The number of halogens is 2. The van der Waals surface area contributed by atoms with Gasteiger partial charge in [0.05, 0.1) is 0 Å². The van der Waals surface area contributed by atoms with Crippen LogP contribution in [0, 0.1) is 11.6 Å². The van der Waals surface area contributed by atoms with E-state index in [1.54, 1.807) is 24.3 Å². The maximum Gasteiger partial charge on any atom is 0.337 e. The van der Waals surface area contributed by atoms with Gasteiger partial charge in [0, 0.05) is 12.7 Å². The van der Waals surface area contributed by atoms with Crippen molar-refractivity contribution in [3.8, 4) is 5.75 Å². The van der Waals surface area contributed by atoms with E-state index in [-0.39, 0.29) is 12.2 Å². The van der Waals surface area contributed by atoms with E-state index in [1.165, 1.54) is 7.11 Å². The van der Waals surface area contributed by atoms with E-state index in [0.29, 0.717) is 11.3 Å². The van der Waals surface area contributed by atoms with E-state index >= 15 is 0 Å². The van der Waals surface area contributed by atoms with Crippen LogP contribution in [0.15, 0.2) is 42.5 Å². The Labute approximate surface area is 125 Å². The molecule has 6 heteroatoms. The van der Waals surface area contributed by atoms with Crippen molar-refractivity contribution in [2.75, 3.05) is 7.11 Å². The molecule has 4 nitrogen and oxygen atoms in total. The lowest BCUT2D eigenvalue weighted by molar-refractivity contribution is -0.148. The first-order chi connectivity index (χ1) is 10.5. The fourth-order valence-corrected chi connectivity index (χ4v) is 1.93. The predicted molar refractivity (Wildman–Crippen MR) is 74.5 cm³/mol. The van der Waals surface area contributed by atoms with Crippen LogP contribution in [0.25, 0.3) is 0 Å². The highest BCUT2D eigenvalue weighted by Crippen LogP contribution is 2.21. The molecule has 1 N–H and O–H groups in total. The Kier molecular flexibility index (Phi) is 5.06. The lowest BCUT2D eigenvalue weighted by atomic mass is 10.1. The lowest BCUT2D eigenvalue weighted by Crippen LogP contribution is -2.13. The van der Waals surface area contributed by atoms with Gasteiger partial charge in [0.2, 0.25) is 0 Å². The summed E-state index contributed by atoms with van der Waals surface area (Å²) < 4.78 is 36.7. The Hall–Kier alpha value is -2.47. The largest absolute Gasteiger partial charge is 0.489 e. The van der Waals surface area contributed by atoms with Crippen LogP contribution in [-0.2, 0) is 16.1 Å². The van der Waals surface area contributed by atoms with Crippen molar-refractivity contribution >= 4 is 5.97 Å². The summed E-state index contributed by atoms with van der Waals surface area (Å²) in [5.41, 5.74) is 0.559. The summed E-state index contributed by atoms with van der Waals surface area (Å²) in [6.07, 6.45) is -1.06. The lowest BCUT2D eigenvalue weighted by Gasteiger charge is -2.12. The van der Waals surface area contributed by atoms with E-state index < -0.39 is 23.7 Å². The standard InChI is InChI=1S/C16H14F2O4/c1-21-15(16(19)20)10-2-5-13(6-3-10)22-9-11-8-12(17)4-7-14(11)18/h2-8,15H,9H2,1H3,(H,19,20). The molecular formula is C16H14F2O4. The van der Waals surface area contributed by atoms with Crippen LogP contribution < -0.4 is 4.74 Å². The Morgan fingerprint density at radius 1 is 1.18 bits per heavy atom.